The lowest BCUT2D eigenvalue weighted by Gasteiger charge is -2.37. The van der Waals surface area contributed by atoms with Gasteiger partial charge in [-0.1, -0.05) is 42.5 Å². The van der Waals surface area contributed by atoms with Gasteiger partial charge in [-0.25, -0.2) is 4.98 Å². The zero-order chi connectivity index (χ0) is 22.5. The number of rotatable bonds is 6. The van der Waals surface area contributed by atoms with Gasteiger partial charge in [-0.15, -0.1) is 0 Å². The summed E-state index contributed by atoms with van der Waals surface area (Å²) in [6.07, 6.45) is 1.55. The summed E-state index contributed by atoms with van der Waals surface area (Å²) in [5, 5.41) is 2.90. The fraction of sp³-hybridized carbons (Fsp3) is 0.320. The molecule has 1 aliphatic rings. The Balaban J connectivity index is 1.41. The molecule has 1 aliphatic heterocycles. The largest absolute Gasteiger partial charge is 0.480 e. The number of carbonyl (C=O) groups excluding carboxylic acids is 1. The second-order valence-electron chi connectivity index (χ2n) is 7.95. The summed E-state index contributed by atoms with van der Waals surface area (Å²) in [7, 11) is 1.53. The standard InChI is InChI=1S/C25H29N5O2/c1-18-8-7-11-22(19(18)2)29-12-14-30(15-13-29)25-27-17-21(24(28-25)32-3)23(31)26-16-20-9-5-4-6-10-20/h4-11,17H,12-16H2,1-3H3,(H,26,31). The Kier molecular flexibility index (Phi) is 6.54. The van der Waals surface area contributed by atoms with E-state index in [0.717, 1.165) is 31.7 Å². The van der Waals surface area contributed by atoms with E-state index in [9.17, 15) is 4.79 Å². The number of nitrogens with zero attached hydrogens (tertiary/aromatic N) is 4. The first-order valence-corrected chi connectivity index (χ1v) is 10.9. The molecule has 2 aromatic carbocycles. The molecular weight excluding hydrogens is 402 g/mol. The van der Waals surface area contributed by atoms with Gasteiger partial charge in [0, 0.05) is 44.6 Å². The topological polar surface area (TPSA) is 70.6 Å². The first-order chi connectivity index (χ1) is 15.6. The third-order valence-electron chi connectivity index (χ3n) is 5.95. The van der Waals surface area contributed by atoms with Gasteiger partial charge in [0.25, 0.3) is 5.91 Å². The molecule has 2 heterocycles. The van der Waals surface area contributed by atoms with Crippen molar-refractivity contribution in [1.82, 2.24) is 15.3 Å². The molecule has 1 amide bonds. The number of hydrogen-bond donors (Lipinski definition) is 1. The number of hydrogen-bond acceptors (Lipinski definition) is 6. The molecule has 1 N–H and O–H groups in total. The van der Waals surface area contributed by atoms with Gasteiger partial charge in [0.15, 0.2) is 0 Å². The molecule has 7 heteroatoms. The number of methoxy groups -OCH3 is 1. The highest BCUT2D eigenvalue weighted by molar-refractivity contribution is 5.96. The Morgan fingerprint density at radius 1 is 1.00 bits per heavy atom. The number of carbonyl (C=O) groups is 1. The first kappa shape index (κ1) is 21.6. The molecule has 166 valence electrons. The van der Waals surface area contributed by atoms with Crippen molar-refractivity contribution >= 4 is 17.5 Å². The van der Waals surface area contributed by atoms with Crippen molar-refractivity contribution in [2.45, 2.75) is 20.4 Å². The van der Waals surface area contributed by atoms with Crippen LogP contribution in [0.1, 0.15) is 27.0 Å². The number of piperazine rings is 1. The predicted octanol–water partition coefficient (Wildman–Crippen LogP) is 3.36. The average molecular weight is 432 g/mol. The lowest BCUT2D eigenvalue weighted by molar-refractivity contribution is 0.0946. The van der Waals surface area contributed by atoms with Gasteiger partial charge in [-0.3, -0.25) is 4.79 Å². The quantitative estimate of drug-likeness (QED) is 0.645. The maximum absolute atomic E-state index is 12.7. The zero-order valence-electron chi connectivity index (χ0n) is 18.8. The summed E-state index contributed by atoms with van der Waals surface area (Å²) >= 11 is 0. The molecular formula is C25H29N5O2. The van der Waals surface area contributed by atoms with Crippen LogP contribution in [0.4, 0.5) is 11.6 Å². The normalized spacial score (nSPS) is 13.7. The van der Waals surface area contributed by atoms with E-state index in [0.29, 0.717) is 18.1 Å². The third-order valence-corrected chi connectivity index (χ3v) is 5.95. The number of anilines is 2. The summed E-state index contributed by atoms with van der Waals surface area (Å²) in [4.78, 5) is 26.2. The fourth-order valence-electron chi connectivity index (χ4n) is 3.92. The van der Waals surface area contributed by atoms with Gasteiger partial charge in [0.2, 0.25) is 11.8 Å². The minimum atomic E-state index is -0.253. The van der Waals surface area contributed by atoms with E-state index in [-0.39, 0.29) is 11.8 Å². The molecule has 0 bridgehead atoms. The average Bonchev–Trinajstić information content (AvgIpc) is 2.84. The van der Waals surface area contributed by atoms with Crippen LogP contribution in [-0.4, -0.2) is 49.2 Å². The van der Waals surface area contributed by atoms with Crippen LogP contribution in [-0.2, 0) is 6.54 Å². The van der Waals surface area contributed by atoms with Gasteiger partial charge in [-0.05, 0) is 36.6 Å². The Hall–Kier alpha value is -3.61. The van der Waals surface area contributed by atoms with Crippen LogP contribution >= 0.6 is 0 Å². The monoisotopic (exact) mass is 431 g/mol. The van der Waals surface area contributed by atoms with E-state index >= 15 is 0 Å². The van der Waals surface area contributed by atoms with Crippen LogP contribution in [0, 0.1) is 13.8 Å². The van der Waals surface area contributed by atoms with E-state index in [1.807, 2.05) is 30.3 Å². The maximum atomic E-state index is 12.7. The Morgan fingerprint density at radius 2 is 1.72 bits per heavy atom. The summed E-state index contributed by atoms with van der Waals surface area (Å²) in [5.74, 6) is 0.622. The van der Waals surface area contributed by atoms with Gasteiger partial charge in [0.05, 0.1) is 7.11 Å². The van der Waals surface area contributed by atoms with Gasteiger partial charge in [0.1, 0.15) is 5.56 Å². The molecule has 0 radical (unpaired) electrons. The molecule has 1 aromatic heterocycles. The number of aryl methyl sites for hydroxylation is 1. The SMILES string of the molecule is COc1nc(N2CCN(c3cccc(C)c3C)CC2)ncc1C(=O)NCc1ccccc1. The molecule has 1 saturated heterocycles. The van der Waals surface area contributed by atoms with E-state index in [1.54, 1.807) is 6.20 Å². The summed E-state index contributed by atoms with van der Waals surface area (Å²) in [6, 6.07) is 16.2. The molecule has 4 rings (SSSR count). The van der Waals surface area contributed by atoms with Crippen LogP contribution in [0.25, 0.3) is 0 Å². The van der Waals surface area contributed by atoms with Crippen LogP contribution < -0.4 is 19.9 Å². The van der Waals surface area contributed by atoms with E-state index in [4.69, 9.17) is 4.74 Å². The maximum Gasteiger partial charge on any atom is 0.258 e. The van der Waals surface area contributed by atoms with Crippen molar-refractivity contribution in [3.63, 3.8) is 0 Å². The molecule has 0 saturated carbocycles. The van der Waals surface area contributed by atoms with Crippen molar-refractivity contribution in [1.29, 1.82) is 0 Å². The fourth-order valence-corrected chi connectivity index (χ4v) is 3.92. The first-order valence-electron chi connectivity index (χ1n) is 10.9. The van der Waals surface area contributed by atoms with E-state index < -0.39 is 0 Å². The van der Waals surface area contributed by atoms with Crippen LogP contribution in [0.3, 0.4) is 0 Å². The second kappa shape index (κ2) is 9.68. The lowest BCUT2D eigenvalue weighted by Crippen LogP contribution is -2.47. The summed E-state index contributed by atoms with van der Waals surface area (Å²) < 4.78 is 5.42. The minimum Gasteiger partial charge on any atom is -0.480 e. The van der Waals surface area contributed by atoms with Gasteiger partial charge < -0.3 is 19.9 Å². The number of aromatic nitrogens is 2. The molecule has 0 aliphatic carbocycles. The smallest absolute Gasteiger partial charge is 0.258 e. The number of ether oxygens (including phenoxy) is 1. The summed E-state index contributed by atoms with van der Waals surface area (Å²) in [6.45, 7) is 8.13. The third kappa shape index (κ3) is 4.66. The molecule has 3 aromatic rings. The van der Waals surface area contributed by atoms with Crippen molar-refractivity contribution in [3.05, 3.63) is 77.0 Å². The lowest BCUT2D eigenvalue weighted by atomic mass is 10.1. The van der Waals surface area contributed by atoms with E-state index in [1.165, 1.54) is 23.9 Å². The number of amides is 1. The van der Waals surface area contributed by atoms with Crippen molar-refractivity contribution in [3.8, 4) is 5.88 Å². The van der Waals surface area contributed by atoms with Gasteiger partial charge in [-0.2, -0.15) is 4.98 Å². The Morgan fingerprint density at radius 3 is 2.44 bits per heavy atom. The molecule has 0 atom stereocenters. The molecule has 7 nitrogen and oxygen atoms in total. The highest BCUT2D eigenvalue weighted by Gasteiger charge is 2.23. The highest BCUT2D eigenvalue weighted by atomic mass is 16.5. The van der Waals surface area contributed by atoms with Gasteiger partial charge >= 0.3 is 0 Å². The van der Waals surface area contributed by atoms with Crippen LogP contribution in [0.15, 0.2) is 54.7 Å². The minimum absolute atomic E-state index is 0.253. The number of nitrogens with one attached hydrogen (secondary N) is 1. The second-order valence-corrected chi connectivity index (χ2v) is 7.95. The molecule has 0 spiro atoms. The Labute approximate surface area is 189 Å². The zero-order valence-corrected chi connectivity index (χ0v) is 18.8. The van der Waals surface area contributed by atoms with Crippen LogP contribution in [0.5, 0.6) is 5.88 Å². The Bertz CT molecular complexity index is 1080. The predicted molar refractivity (Wildman–Crippen MR) is 127 cm³/mol. The van der Waals surface area contributed by atoms with Crippen molar-refractivity contribution in [2.24, 2.45) is 0 Å². The summed E-state index contributed by atoms with van der Waals surface area (Å²) in [5.41, 5.74) is 5.28. The molecule has 32 heavy (non-hydrogen) atoms. The van der Waals surface area contributed by atoms with E-state index in [2.05, 4.69) is 57.1 Å². The molecule has 1 fully saturated rings. The van der Waals surface area contributed by atoms with Crippen LogP contribution in [0.2, 0.25) is 0 Å². The van der Waals surface area contributed by atoms with Crippen molar-refractivity contribution in [2.75, 3.05) is 43.1 Å². The van der Waals surface area contributed by atoms with Crippen molar-refractivity contribution < 1.29 is 9.53 Å². The highest BCUT2D eigenvalue weighted by Crippen LogP contribution is 2.25. The molecule has 0 unspecified atom stereocenters. The number of benzene rings is 2.